The van der Waals surface area contributed by atoms with Gasteiger partial charge < -0.3 is 5.73 Å². The third kappa shape index (κ3) is 4.78. The second-order valence-corrected chi connectivity index (χ2v) is 4.92. The van der Waals surface area contributed by atoms with Crippen LogP contribution < -0.4 is 5.73 Å². The predicted molar refractivity (Wildman–Crippen MR) is 86.2 cm³/mol. The van der Waals surface area contributed by atoms with Gasteiger partial charge in [-0.2, -0.15) is 0 Å². The number of anilines is 1. The van der Waals surface area contributed by atoms with Crippen LogP contribution >= 0.6 is 0 Å². The maximum absolute atomic E-state index is 5.68. The minimum Gasteiger partial charge on any atom is -0.399 e. The van der Waals surface area contributed by atoms with Crippen molar-refractivity contribution in [1.29, 1.82) is 0 Å². The van der Waals surface area contributed by atoms with E-state index in [1.165, 1.54) is 16.7 Å². The summed E-state index contributed by atoms with van der Waals surface area (Å²) >= 11 is 0. The molecule has 0 aromatic heterocycles. The van der Waals surface area contributed by atoms with Crippen LogP contribution in [0.2, 0.25) is 0 Å². The average molecular weight is 255 g/mol. The summed E-state index contributed by atoms with van der Waals surface area (Å²) in [4.78, 5) is 0. The van der Waals surface area contributed by atoms with Crippen molar-refractivity contribution in [3.05, 3.63) is 54.1 Å². The lowest BCUT2D eigenvalue weighted by Gasteiger charge is -2.07. The Bertz CT molecular complexity index is 466. The van der Waals surface area contributed by atoms with Crippen LogP contribution in [0.25, 0.3) is 11.1 Å². The Morgan fingerprint density at radius 1 is 0.789 bits per heavy atom. The SMILES string of the molecule is CC.CC(C)Cc1ccc(-c2ccc(N)cc2)cc1. The van der Waals surface area contributed by atoms with Crippen molar-refractivity contribution in [3.63, 3.8) is 0 Å². The molecule has 19 heavy (non-hydrogen) atoms. The van der Waals surface area contributed by atoms with Crippen molar-refractivity contribution in [1.82, 2.24) is 0 Å². The number of hydrogen-bond acceptors (Lipinski definition) is 1. The van der Waals surface area contributed by atoms with Gasteiger partial charge in [-0.1, -0.05) is 64.1 Å². The van der Waals surface area contributed by atoms with Gasteiger partial charge in [0.1, 0.15) is 0 Å². The van der Waals surface area contributed by atoms with E-state index in [0.29, 0.717) is 5.92 Å². The van der Waals surface area contributed by atoms with Gasteiger partial charge in [-0.3, -0.25) is 0 Å². The van der Waals surface area contributed by atoms with Gasteiger partial charge in [-0.15, -0.1) is 0 Å². The molecular weight excluding hydrogens is 230 g/mol. The zero-order valence-corrected chi connectivity index (χ0v) is 12.5. The maximum atomic E-state index is 5.68. The summed E-state index contributed by atoms with van der Waals surface area (Å²) in [5, 5.41) is 0. The monoisotopic (exact) mass is 255 g/mol. The lowest BCUT2D eigenvalue weighted by Crippen LogP contribution is -1.93. The first kappa shape index (κ1) is 15.3. The topological polar surface area (TPSA) is 26.0 Å². The van der Waals surface area contributed by atoms with Gasteiger partial charge >= 0.3 is 0 Å². The van der Waals surface area contributed by atoms with Crippen molar-refractivity contribution in [2.75, 3.05) is 5.73 Å². The fraction of sp³-hybridized carbons (Fsp3) is 0.333. The first-order chi connectivity index (χ1) is 9.15. The van der Waals surface area contributed by atoms with Crippen molar-refractivity contribution in [3.8, 4) is 11.1 Å². The Morgan fingerprint density at radius 3 is 1.63 bits per heavy atom. The van der Waals surface area contributed by atoms with E-state index in [1.807, 2.05) is 26.0 Å². The predicted octanol–water partition coefficient (Wildman–Crippen LogP) is 5.16. The zero-order valence-electron chi connectivity index (χ0n) is 12.5. The quantitative estimate of drug-likeness (QED) is 0.753. The fourth-order valence-corrected chi connectivity index (χ4v) is 1.98. The highest BCUT2D eigenvalue weighted by Crippen LogP contribution is 2.21. The van der Waals surface area contributed by atoms with E-state index in [-0.39, 0.29) is 0 Å². The number of hydrogen-bond donors (Lipinski definition) is 1. The van der Waals surface area contributed by atoms with Crippen LogP contribution in [0.15, 0.2) is 48.5 Å². The van der Waals surface area contributed by atoms with Gasteiger partial charge in [-0.25, -0.2) is 0 Å². The van der Waals surface area contributed by atoms with Crippen LogP contribution in [0.4, 0.5) is 5.69 Å². The minimum absolute atomic E-state index is 0.706. The largest absolute Gasteiger partial charge is 0.399 e. The van der Waals surface area contributed by atoms with E-state index in [1.54, 1.807) is 0 Å². The van der Waals surface area contributed by atoms with E-state index >= 15 is 0 Å². The first-order valence-corrected chi connectivity index (χ1v) is 7.10. The van der Waals surface area contributed by atoms with E-state index in [0.717, 1.165) is 12.1 Å². The Kier molecular flexibility index (Phi) is 6.14. The number of nitrogen functional groups attached to an aromatic ring is 1. The Morgan fingerprint density at radius 2 is 1.21 bits per heavy atom. The van der Waals surface area contributed by atoms with Crippen molar-refractivity contribution >= 4 is 5.69 Å². The van der Waals surface area contributed by atoms with Crippen LogP contribution in [0.3, 0.4) is 0 Å². The molecule has 0 unspecified atom stereocenters. The van der Waals surface area contributed by atoms with Crippen LogP contribution in [-0.4, -0.2) is 0 Å². The molecule has 0 atom stereocenters. The highest BCUT2D eigenvalue weighted by molar-refractivity contribution is 5.65. The zero-order chi connectivity index (χ0) is 14.3. The van der Waals surface area contributed by atoms with Gasteiger partial charge in [0.2, 0.25) is 0 Å². The molecule has 0 fully saturated rings. The molecule has 1 heteroatoms. The smallest absolute Gasteiger partial charge is 0.0314 e. The third-order valence-electron chi connectivity index (χ3n) is 2.84. The molecule has 2 aromatic carbocycles. The van der Waals surface area contributed by atoms with Crippen LogP contribution in [0.1, 0.15) is 33.3 Å². The second-order valence-electron chi connectivity index (χ2n) is 4.92. The molecule has 0 spiro atoms. The van der Waals surface area contributed by atoms with E-state index in [2.05, 4.69) is 50.2 Å². The van der Waals surface area contributed by atoms with E-state index < -0.39 is 0 Å². The van der Waals surface area contributed by atoms with Crippen LogP contribution in [0.5, 0.6) is 0 Å². The molecule has 0 aliphatic carbocycles. The molecule has 0 aliphatic heterocycles. The van der Waals surface area contributed by atoms with Crippen LogP contribution in [0, 0.1) is 5.92 Å². The van der Waals surface area contributed by atoms with Gasteiger partial charge in [0, 0.05) is 5.69 Å². The molecule has 0 radical (unpaired) electrons. The van der Waals surface area contributed by atoms with Gasteiger partial charge in [0.15, 0.2) is 0 Å². The van der Waals surface area contributed by atoms with Crippen LogP contribution in [-0.2, 0) is 6.42 Å². The molecule has 0 saturated carbocycles. The summed E-state index contributed by atoms with van der Waals surface area (Å²) in [6.07, 6.45) is 1.14. The summed E-state index contributed by atoms with van der Waals surface area (Å²) in [7, 11) is 0. The summed E-state index contributed by atoms with van der Waals surface area (Å²) < 4.78 is 0. The standard InChI is InChI=1S/C16H19N.C2H6/c1-12(2)11-13-3-5-14(6-4-13)15-7-9-16(17)10-8-15;1-2/h3-10,12H,11,17H2,1-2H3;1-2H3. The Hall–Kier alpha value is -1.76. The molecule has 0 heterocycles. The molecule has 0 bridgehead atoms. The molecule has 102 valence electrons. The summed E-state index contributed by atoms with van der Waals surface area (Å²) in [6.45, 7) is 8.49. The lowest BCUT2D eigenvalue weighted by atomic mass is 9.99. The Balaban J connectivity index is 0.000000861. The highest BCUT2D eigenvalue weighted by atomic mass is 14.5. The minimum atomic E-state index is 0.706. The summed E-state index contributed by atoms with van der Waals surface area (Å²) in [5.41, 5.74) is 10.4. The molecule has 2 aromatic rings. The second kappa shape index (κ2) is 7.63. The molecule has 0 amide bonds. The third-order valence-corrected chi connectivity index (χ3v) is 2.84. The van der Waals surface area contributed by atoms with E-state index in [4.69, 9.17) is 5.73 Å². The number of rotatable bonds is 3. The van der Waals surface area contributed by atoms with Crippen molar-refractivity contribution in [2.24, 2.45) is 5.92 Å². The molecule has 2 rings (SSSR count). The average Bonchev–Trinajstić information content (AvgIpc) is 2.42. The van der Waals surface area contributed by atoms with Gasteiger partial charge in [-0.05, 0) is 41.2 Å². The Labute approximate surface area is 117 Å². The van der Waals surface area contributed by atoms with Crippen molar-refractivity contribution < 1.29 is 0 Å². The van der Waals surface area contributed by atoms with E-state index in [9.17, 15) is 0 Å². The fourth-order valence-electron chi connectivity index (χ4n) is 1.98. The van der Waals surface area contributed by atoms with Crippen molar-refractivity contribution in [2.45, 2.75) is 34.1 Å². The normalized spacial score (nSPS) is 9.95. The molecule has 0 saturated heterocycles. The highest BCUT2D eigenvalue weighted by Gasteiger charge is 2.00. The first-order valence-electron chi connectivity index (χ1n) is 7.10. The molecule has 2 N–H and O–H groups in total. The summed E-state index contributed by atoms with van der Waals surface area (Å²) in [5.74, 6) is 0.706. The van der Waals surface area contributed by atoms with Gasteiger partial charge in [0.25, 0.3) is 0 Å². The summed E-state index contributed by atoms with van der Waals surface area (Å²) in [6, 6.07) is 16.8. The lowest BCUT2D eigenvalue weighted by molar-refractivity contribution is 0.647. The van der Waals surface area contributed by atoms with Gasteiger partial charge in [0.05, 0.1) is 0 Å². The molecule has 1 nitrogen and oxygen atoms in total. The molecular formula is C18H25N. The number of nitrogens with two attached hydrogens (primary N) is 1. The maximum Gasteiger partial charge on any atom is 0.0314 e. The number of benzene rings is 2. The molecule has 0 aliphatic rings.